The Bertz CT molecular complexity index is 605. The van der Waals surface area contributed by atoms with Gasteiger partial charge in [0.15, 0.2) is 0 Å². The van der Waals surface area contributed by atoms with E-state index < -0.39 is 9.84 Å². The standard InChI is InChI=1S/C14H24N4O3S/c1-3-10-22(20,21)13-15-11-18(16-13)14(19)17(4-2)12-8-6-5-7-9-12/h11-12H,3-10H2,1-2H3. The van der Waals surface area contributed by atoms with Crippen LogP contribution in [0.4, 0.5) is 4.79 Å². The summed E-state index contributed by atoms with van der Waals surface area (Å²) < 4.78 is 24.9. The molecule has 0 atom stereocenters. The molecule has 1 aliphatic carbocycles. The molecular weight excluding hydrogens is 304 g/mol. The summed E-state index contributed by atoms with van der Waals surface area (Å²) in [7, 11) is -3.49. The van der Waals surface area contributed by atoms with Crippen LogP contribution in [0.25, 0.3) is 0 Å². The first-order valence-electron chi connectivity index (χ1n) is 7.95. The van der Waals surface area contributed by atoms with Crippen LogP contribution in [0.2, 0.25) is 0 Å². The Balaban J connectivity index is 2.16. The first-order chi connectivity index (χ1) is 10.5. The highest BCUT2D eigenvalue weighted by molar-refractivity contribution is 7.91. The van der Waals surface area contributed by atoms with Crippen molar-refractivity contribution in [3.8, 4) is 0 Å². The number of hydrogen-bond donors (Lipinski definition) is 0. The summed E-state index contributed by atoms with van der Waals surface area (Å²) in [5.41, 5.74) is 0. The van der Waals surface area contributed by atoms with Crippen molar-refractivity contribution < 1.29 is 13.2 Å². The maximum Gasteiger partial charge on any atom is 0.346 e. The van der Waals surface area contributed by atoms with Gasteiger partial charge in [0.05, 0.1) is 5.75 Å². The highest BCUT2D eigenvalue weighted by atomic mass is 32.2. The minimum Gasteiger partial charge on any atom is -0.320 e. The van der Waals surface area contributed by atoms with Gasteiger partial charge in [0.2, 0.25) is 9.84 Å². The number of hydrogen-bond acceptors (Lipinski definition) is 5. The number of carbonyl (C=O) groups is 1. The van der Waals surface area contributed by atoms with E-state index in [2.05, 4.69) is 10.1 Å². The predicted octanol–water partition coefficient (Wildman–Crippen LogP) is 2.08. The number of aromatic nitrogens is 3. The first kappa shape index (κ1) is 16.9. The van der Waals surface area contributed by atoms with Gasteiger partial charge in [-0.25, -0.2) is 18.2 Å². The van der Waals surface area contributed by atoms with E-state index in [4.69, 9.17) is 0 Å². The highest BCUT2D eigenvalue weighted by Gasteiger charge is 2.27. The number of amides is 1. The van der Waals surface area contributed by atoms with E-state index >= 15 is 0 Å². The second-order valence-electron chi connectivity index (χ2n) is 5.65. The van der Waals surface area contributed by atoms with E-state index in [0.29, 0.717) is 13.0 Å². The molecule has 8 heteroatoms. The molecule has 7 nitrogen and oxygen atoms in total. The van der Waals surface area contributed by atoms with E-state index in [0.717, 1.165) is 30.4 Å². The topological polar surface area (TPSA) is 85.2 Å². The van der Waals surface area contributed by atoms with Gasteiger partial charge in [0.1, 0.15) is 6.33 Å². The lowest BCUT2D eigenvalue weighted by atomic mass is 9.94. The maximum absolute atomic E-state index is 12.6. The molecule has 22 heavy (non-hydrogen) atoms. The quantitative estimate of drug-likeness (QED) is 0.826. The average molecular weight is 328 g/mol. The molecule has 1 aliphatic rings. The Morgan fingerprint density at radius 2 is 2.00 bits per heavy atom. The van der Waals surface area contributed by atoms with Crippen molar-refractivity contribution in [3.63, 3.8) is 0 Å². The fraction of sp³-hybridized carbons (Fsp3) is 0.786. The van der Waals surface area contributed by atoms with E-state index in [1.54, 1.807) is 11.8 Å². The summed E-state index contributed by atoms with van der Waals surface area (Å²) in [6.45, 7) is 4.29. The minimum absolute atomic E-state index is 0.00861. The zero-order valence-corrected chi connectivity index (χ0v) is 14.0. The van der Waals surface area contributed by atoms with Gasteiger partial charge in [-0.2, -0.15) is 4.68 Å². The highest BCUT2D eigenvalue weighted by Crippen LogP contribution is 2.23. The smallest absolute Gasteiger partial charge is 0.320 e. The summed E-state index contributed by atoms with van der Waals surface area (Å²) >= 11 is 0. The lowest BCUT2D eigenvalue weighted by Crippen LogP contribution is -2.43. The maximum atomic E-state index is 12.6. The summed E-state index contributed by atoms with van der Waals surface area (Å²) in [4.78, 5) is 18.1. The van der Waals surface area contributed by atoms with Crippen molar-refractivity contribution >= 4 is 15.9 Å². The zero-order chi connectivity index (χ0) is 16.2. The molecule has 0 radical (unpaired) electrons. The van der Waals surface area contributed by atoms with Crippen molar-refractivity contribution in [2.24, 2.45) is 0 Å². The molecule has 1 fully saturated rings. The molecule has 0 aliphatic heterocycles. The largest absolute Gasteiger partial charge is 0.346 e. The molecule has 1 aromatic heterocycles. The van der Waals surface area contributed by atoms with Gasteiger partial charge in [-0.1, -0.05) is 26.2 Å². The Morgan fingerprint density at radius 1 is 1.32 bits per heavy atom. The molecule has 0 N–H and O–H groups in total. The van der Waals surface area contributed by atoms with Gasteiger partial charge < -0.3 is 4.90 Å². The Morgan fingerprint density at radius 3 is 2.59 bits per heavy atom. The molecule has 0 saturated heterocycles. The van der Waals surface area contributed by atoms with Crippen LogP contribution in [-0.2, 0) is 9.84 Å². The van der Waals surface area contributed by atoms with Crippen LogP contribution >= 0.6 is 0 Å². The molecular formula is C14H24N4O3S. The van der Waals surface area contributed by atoms with Gasteiger partial charge in [0, 0.05) is 12.6 Å². The van der Waals surface area contributed by atoms with E-state index in [9.17, 15) is 13.2 Å². The van der Waals surface area contributed by atoms with E-state index in [1.807, 2.05) is 6.92 Å². The molecule has 124 valence electrons. The van der Waals surface area contributed by atoms with Crippen LogP contribution in [-0.4, -0.2) is 52.5 Å². The summed E-state index contributed by atoms with van der Waals surface area (Å²) in [6, 6.07) is -0.0778. The zero-order valence-electron chi connectivity index (χ0n) is 13.2. The third kappa shape index (κ3) is 3.66. The number of rotatable bonds is 5. The van der Waals surface area contributed by atoms with E-state index in [-0.39, 0.29) is 23.0 Å². The third-order valence-corrected chi connectivity index (χ3v) is 5.71. The molecule has 2 rings (SSSR count). The van der Waals surface area contributed by atoms with Gasteiger partial charge in [-0.3, -0.25) is 0 Å². The number of carbonyl (C=O) groups excluding carboxylic acids is 1. The van der Waals surface area contributed by atoms with Crippen molar-refractivity contribution in [2.75, 3.05) is 12.3 Å². The number of nitrogens with zero attached hydrogens (tertiary/aromatic N) is 4. The fourth-order valence-corrected chi connectivity index (χ4v) is 4.06. The lowest BCUT2D eigenvalue weighted by molar-refractivity contribution is 0.158. The summed E-state index contributed by atoms with van der Waals surface area (Å²) in [5, 5.41) is 3.63. The minimum atomic E-state index is -3.49. The molecule has 1 saturated carbocycles. The Hall–Kier alpha value is -1.44. The van der Waals surface area contributed by atoms with Crippen molar-refractivity contribution in [3.05, 3.63) is 6.33 Å². The molecule has 0 spiro atoms. The molecule has 0 bridgehead atoms. The molecule has 1 heterocycles. The SMILES string of the molecule is CCCS(=O)(=O)c1ncn(C(=O)N(CC)C2CCCCC2)n1. The van der Waals surface area contributed by atoms with Gasteiger partial charge >= 0.3 is 6.03 Å². The first-order valence-corrected chi connectivity index (χ1v) is 9.60. The second kappa shape index (κ2) is 7.21. The predicted molar refractivity (Wildman–Crippen MR) is 82.4 cm³/mol. The Kier molecular flexibility index (Phi) is 5.55. The third-order valence-electron chi connectivity index (χ3n) is 4.02. The van der Waals surface area contributed by atoms with Crippen LogP contribution in [0, 0.1) is 0 Å². The van der Waals surface area contributed by atoms with Crippen molar-refractivity contribution in [1.82, 2.24) is 19.7 Å². The monoisotopic (exact) mass is 328 g/mol. The van der Waals surface area contributed by atoms with Crippen LogP contribution in [0.3, 0.4) is 0 Å². The average Bonchev–Trinajstić information content (AvgIpc) is 2.99. The Labute approximate surface area is 131 Å². The molecule has 1 amide bonds. The second-order valence-corrected chi connectivity index (χ2v) is 7.65. The van der Waals surface area contributed by atoms with Gasteiger partial charge in [-0.05, 0) is 26.2 Å². The molecule has 0 unspecified atom stereocenters. The van der Waals surface area contributed by atoms with Crippen LogP contribution in [0.1, 0.15) is 52.4 Å². The molecule has 0 aromatic carbocycles. The van der Waals surface area contributed by atoms with Crippen LogP contribution in [0.5, 0.6) is 0 Å². The van der Waals surface area contributed by atoms with Gasteiger partial charge in [0.25, 0.3) is 5.16 Å². The van der Waals surface area contributed by atoms with E-state index in [1.165, 1.54) is 12.7 Å². The molecule has 1 aromatic rings. The van der Waals surface area contributed by atoms with Crippen LogP contribution < -0.4 is 0 Å². The number of sulfone groups is 1. The fourth-order valence-electron chi connectivity index (χ4n) is 2.92. The summed E-state index contributed by atoms with van der Waals surface area (Å²) in [6.07, 6.45) is 7.16. The lowest BCUT2D eigenvalue weighted by Gasteiger charge is -2.32. The van der Waals surface area contributed by atoms with Crippen LogP contribution in [0.15, 0.2) is 11.5 Å². The normalized spacial score (nSPS) is 16.6. The summed E-state index contributed by atoms with van der Waals surface area (Å²) in [5.74, 6) is -0.00861. The van der Waals surface area contributed by atoms with Gasteiger partial charge in [-0.15, -0.1) is 5.10 Å². The van der Waals surface area contributed by atoms with Crippen molar-refractivity contribution in [1.29, 1.82) is 0 Å². The van der Waals surface area contributed by atoms with Crippen molar-refractivity contribution in [2.45, 2.75) is 63.6 Å².